The van der Waals surface area contributed by atoms with Crippen LogP contribution in [-0.2, 0) is 4.79 Å². The lowest BCUT2D eigenvalue weighted by Crippen LogP contribution is -2.09. The minimum absolute atomic E-state index is 0.00643. The summed E-state index contributed by atoms with van der Waals surface area (Å²) in [6, 6.07) is 0. The number of unbranched alkanes of at least 4 members (excludes halogenated alkanes) is 10. The Morgan fingerprint density at radius 2 is 1.55 bits per heavy atom. The van der Waals surface area contributed by atoms with Crippen LogP contribution in [0.1, 0.15) is 77.6 Å². The lowest BCUT2D eigenvalue weighted by Gasteiger charge is -2.06. The van der Waals surface area contributed by atoms with Crippen LogP contribution in [0.4, 0.5) is 0 Å². The summed E-state index contributed by atoms with van der Waals surface area (Å²) in [6.07, 6.45) is 18.4. The highest BCUT2D eigenvalue weighted by Gasteiger charge is 2.06. The van der Waals surface area contributed by atoms with Crippen LogP contribution in [0.3, 0.4) is 0 Å². The molecule has 130 valence electrons. The number of hydrogen-bond donors (Lipinski definition) is 2. The maximum atomic E-state index is 10.5. The Hall–Kier alpha value is -0.480. The third-order valence-corrected chi connectivity index (χ3v) is 4.82. The van der Waals surface area contributed by atoms with Gasteiger partial charge in [-0.2, -0.15) is 0 Å². The van der Waals surface area contributed by atoms with Crippen molar-refractivity contribution in [2.45, 2.75) is 82.8 Å². The second kappa shape index (κ2) is 16.9. The third kappa shape index (κ3) is 15.9. The van der Waals surface area contributed by atoms with Crippen LogP contribution in [0.5, 0.6) is 0 Å². The molecule has 0 bridgehead atoms. The predicted molar refractivity (Wildman–Crippen MR) is 96.6 cm³/mol. The highest BCUT2D eigenvalue weighted by atomic mass is 32.2. The minimum atomic E-state index is -0.827. The van der Waals surface area contributed by atoms with E-state index < -0.39 is 5.97 Å². The van der Waals surface area contributed by atoms with Gasteiger partial charge in [0.05, 0.1) is 12.4 Å². The number of carbonyl (C=O) groups is 1. The molecule has 3 nitrogen and oxygen atoms in total. The first-order valence-corrected chi connectivity index (χ1v) is 9.86. The van der Waals surface area contributed by atoms with Crippen molar-refractivity contribution in [2.24, 2.45) is 0 Å². The van der Waals surface area contributed by atoms with Crippen molar-refractivity contribution >= 4 is 17.7 Å². The maximum absolute atomic E-state index is 10.5. The minimum Gasteiger partial charge on any atom is -0.481 e. The molecular formula is C18H34O3S. The number of carboxylic acid groups (broad SMARTS) is 1. The molecule has 0 aliphatic heterocycles. The smallest absolute Gasteiger partial charge is 0.313 e. The number of thioether (sulfide) groups is 1. The molecule has 22 heavy (non-hydrogen) atoms. The Morgan fingerprint density at radius 1 is 1.00 bits per heavy atom. The second-order valence-corrected chi connectivity index (χ2v) is 7.05. The summed E-state index contributed by atoms with van der Waals surface area (Å²) in [5.41, 5.74) is 0. The Bertz CT molecular complexity index is 280. The first-order chi connectivity index (χ1) is 10.7. The summed E-state index contributed by atoms with van der Waals surface area (Å²) >= 11 is 1.28. The van der Waals surface area contributed by atoms with Crippen molar-refractivity contribution in [3.05, 3.63) is 12.2 Å². The molecule has 0 radical (unpaired) electrons. The monoisotopic (exact) mass is 330 g/mol. The molecule has 0 saturated carbocycles. The van der Waals surface area contributed by atoms with Gasteiger partial charge < -0.3 is 10.2 Å². The van der Waals surface area contributed by atoms with E-state index in [0.29, 0.717) is 0 Å². The van der Waals surface area contributed by atoms with Gasteiger partial charge >= 0.3 is 5.97 Å². The molecule has 1 atom stereocenters. The van der Waals surface area contributed by atoms with E-state index in [0.717, 1.165) is 6.42 Å². The fraction of sp³-hybridized carbons (Fsp3) is 0.833. The molecule has 0 rings (SSSR count). The van der Waals surface area contributed by atoms with E-state index in [2.05, 4.69) is 13.0 Å². The molecule has 0 aromatic carbocycles. The first-order valence-electron chi connectivity index (χ1n) is 8.81. The molecule has 0 fully saturated rings. The number of carboxylic acids is 1. The molecule has 0 saturated heterocycles. The van der Waals surface area contributed by atoms with E-state index >= 15 is 0 Å². The Morgan fingerprint density at radius 3 is 2.05 bits per heavy atom. The maximum Gasteiger partial charge on any atom is 0.313 e. The zero-order valence-corrected chi connectivity index (χ0v) is 15.0. The summed E-state index contributed by atoms with van der Waals surface area (Å²) < 4.78 is 0. The van der Waals surface area contributed by atoms with Gasteiger partial charge in [0, 0.05) is 5.25 Å². The van der Waals surface area contributed by atoms with Gasteiger partial charge in [0.15, 0.2) is 0 Å². The van der Waals surface area contributed by atoms with E-state index in [1.54, 1.807) is 0 Å². The Kier molecular flexibility index (Phi) is 16.5. The average Bonchev–Trinajstić information content (AvgIpc) is 2.51. The van der Waals surface area contributed by atoms with Gasteiger partial charge in [-0.1, -0.05) is 76.9 Å². The first kappa shape index (κ1) is 21.5. The molecule has 0 amide bonds. The van der Waals surface area contributed by atoms with Crippen LogP contribution in [-0.4, -0.2) is 33.8 Å². The van der Waals surface area contributed by atoms with Crippen LogP contribution in [0.25, 0.3) is 0 Å². The van der Waals surface area contributed by atoms with Crippen molar-refractivity contribution in [2.75, 3.05) is 12.4 Å². The van der Waals surface area contributed by atoms with Crippen LogP contribution >= 0.6 is 11.8 Å². The standard InChI is InChI=1S/C18H34O3S/c1-2-3-4-5-6-7-8-9-10-11-12-13-14-17(15-19)22-16-18(20)21/h13-14,17,19H,2-12,15-16H2,1H3,(H,20,21)/b14-13-. The van der Waals surface area contributed by atoms with Gasteiger partial charge in [0.2, 0.25) is 0 Å². The van der Waals surface area contributed by atoms with Crippen molar-refractivity contribution < 1.29 is 15.0 Å². The van der Waals surface area contributed by atoms with Crippen molar-refractivity contribution in [3.63, 3.8) is 0 Å². The lowest BCUT2D eigenvalue weighted by molar-refractivity contribution is -0.133. The fourth-order valence-corrected chi connectivity index (χ4v) is 3.03. The zero-order chi connectivity index (χ0) is 16.5. The van der Waals surface area contributed by atoms with Crippen LogP contribution in [0.15, 0.2) is 12.2 Å². The summed E-state index contributed by atoms with van der Waals surface area (Å²) in [6.45, 7) is 2.26. The Labute approximate surface area is 140 Å². The van der Waals surface area contributed by atoms with Gasteiger partial charge in [-0.25, -0.2) is 0 Å². The molecule has 1 unspecified atom stereocenters. The number of aliphatic carboxylic acids is 1. The summed E-state index contributed by atoms with van der Waals surface area (Å²) in [5, 5.41) is 17.7. The zero-order valence-electron chi connectivity index (χ0n) is 14.1. The largest absolute Gasteiger partial charge is 0.481 e. The summed E-state index contributed by atoms with van der Waals surface area (Å²) in [5.74, 6) is -0.778. The average molecular weight is 331 g/mol. The van der Waals surface area contributed by atoms with Gasteiger partial charge in [-0.3, -0.25) is 4.79 Å². The predicted octanol–water partition coefficient (Wildman–Crippen LogP) is 5.03. The van der Waals surface area contributed by atoms with Crippen LogP contribution in [0, 0.1) is 0 Å². The van der Waals surface area contributed by atoms with Gasteiger partial charge in [-0.15, -0.1) is 11.8 Å². The molecule has 2 N–H and O–H groups in total. The molecule has 0 aliphatic carbocycles. The number of aliphatic hydroxyl groups is 1. The van der Waals surface area contributed by atoms with Crippen molar-refractivity contribution in [3.8, 4) is 0 Å². The molecule has 0 aliphatic rings. The Balaban J connectivity index is 3.36. The molecular weight excluding hydrogens is 296 g/mol. The van der Waals surface area contributed by atoms with Crippen molar-refractivity contribution in [1.82, 2.24) is 0 Å². The number of aliphatic hydroxyl groups excluding tert-OH is 1. The number of hydrogen-bond acceptors (Lipinski definition) is 3. The molecule has 0 aromatic heterocycles. The second-order valence-electron chi connectivity index (χ2n) is 5.82. The van der Waals surface area contributed by atoms with Crippen molar-refractivity contribution in [1.29, 1.82) is 0 Å². The van der Waals surface area contributed by atoms with Gasteiger partial charge in [0.25, 0.3) is 0 Å². The third-order valence-electron chi connectivity index (χ3n) is 3.68. The number of rotatable bonds is 16. The van der Waals surface area contributed by atoms with E-state index in [1.807, 2.05) is 6.08 Å². The highest BCUT2D eigenvalue weighted by molar-refractivity contribution is 8.00. The summed E-state index contributed by atoms with van der Waals surface area (Å²) in [4.78, 5) is 10.5. The van der Waals surface area contributed by atoms with E-state index in [1.165, 1.54) is 76.0 Å². The number of allylic oxidation sites excluding steroid dienone is 1. The fourth-order valence-electron chi connectivity index (χ4n) is 2.35. The highest BCUT2D eigenvalue weighted by Crippen LogP contribution is 2.14. The van der Waals surface area contributed by atoms with E-state index in [4.69, 9.17) is 10.2 Å². The summed E-state index contributed by atoms with van der Waals surface area (Å²) in [7, 11) is 0. The van der Waals surface area contributed by atoms with Gasteiger partial charge in [0.1, 0.15) is 0 Å². The quantitative estimate of drug-likeness (QED) is 0.308. The van der Waals surface area contributed by atoms with E-state index in [9.17, 15) is 4.79 Å². The normalized spacial score (nSPS) is 12.8. The molecule has 0 heterocycles. The lowest BCUT2D eigenvalue weighted by atomic mass is 10.1. The topological polar surface area (TPSA) is 57.5 Å². The molecule has 0 aromatic rings. The SMILES string of the molecule is CCCCCCCCCCCC/C=C\C(CO)SCC(=O)O. The molecule has 4 heteroatoms. The molecule has 0 spiro atoms. The van der Waals surface area contributed by atoms with Gasteiger partial charge in [-0.05, 0) is 12.8 Å². The van der Waals surface area contributed by atoms with E-state index in [-0.39, 0.29) is 17.6 Å². The van der Waals surface area contributed by atoms with Crippen LogP contribution < -0.4 is 0 Å². The van der Waals surface area contributed by atoms with Crippen LogP contribution in [0.2, 0.25) is 0 Å².